The van der Waals surface area contributed by atoms with Crippen molar-refractivity contribution in [2.24, 2.45) is 11.8 Å². The van der Waals surface area contributed by atoms with E-state index in [1.165, 1.54) is 5.56 Å². The van der Waals surface area contributed by atoms with Gasteiger partial charge in [-0.25, -0.2) is 0 Å². The smallest absolute Gasteiger partial charge is 0.228 e. The van der Waals surface area contributed by atoms with Crippen LogP contribution in [0.15, 0.2) is 30.3 Å². The average molecular weight is 259 g/mol. The molecule has 0 bridgehead atoms. The van der Waals surface area contributed by atoms with Gasteiger partial charge in [0.1, 0.15) is 6.23 Å². The lowest BCUT2D eigenvalue weighted by atomic mass is 9.86. The van der Waals surface area contributed by atoms with Crippen LogP contribution < -0.4 is 0 Å². The van der Waals surface area contributed by atoms with E-state index in [1.807, 2.05) is 30.0 Å². The van der Waals surface area contributed by atoms with E-state index >= 15 is 0 Å². The van der Waals surface area contributed by atoms with Crippen molar-refractivity contribution in [3.63, 3.8) is 0 Å². The monoisotopic (exact) mass is 259 g/mol. The highest BCUT2D eigenvalue weighted by Gasteiger charge is 2.47. The molecular weight excluding hydrogens is 238 g/mol. The van der Waals surface area contributed by atoms with Gasteiger partial charge in [-0.15, -0.1) is 0 Å². The Morgan fingerprint density at radius 2 is 2.05 bits per heavy atom. The zero-order valence-corrected chi connectivity index (χ0v) is 11.6. The highest BCUT2D eigenvalue weighted by molar-refractivity contribution is 5.80. The summed E-state index contributed by atoms with van der Waals surface area (Å²) in [4.78, 5) is 14.5. The summed E-state index contributed by atoms with van der Waals surface area (Å²) in [5, 5.41) is 0. The van der Waals surface area contributed by atoms with Gasteiger partial charge in [-0.2, -0.15) is 0 Å². The van der Waals surface area contributed by atoms with Gasteiger partial charge in [-0.1, -0.05) is 44.2 Å². The highest BCUT2D eigenvalue weighted by Crippen LogP contribution is 2.41. The SMILES string of the molecule is CC[C@H]1C[C@@H](C)C(=O)N2[C@@H]1OC[C@H]2c1ccccc1. The minimum absolute atomic E-state index is 0.0149. The summed E-state index contributed by atoms with van der Waals surface area (Å²) >= 11 is 0. The molecule has 0 aromatic heterocycles. The van der Waals surface area contributed by atoms with Crippen molar-refractivity contribution in [1.82, 2.24) is 4.90 Å². The van der Waals surface area contributed by atoms with Crippen LogP contribution in [-0.2, 0) is 9.53 Å². The van der Waals surface area contributed by atoms with Gasteiger partial charge in [0, 0.05) is 11.8 Å². The van der Waals surface area contributed by atoms with Crippen molar-refractivity contribution in [3.05, 3.63) is 35.9 Å². The van der Waals surface area contributed by atoms with Gasteiger partial charge in [0.05, 0.1) is 12.6 Å². The second-order valence-electron chi connectivity index (χ2n) is 5.70. The zero-order valence-electron chi connectivity index (χ0n) is 11.6. The average Bonchev–Trinajstić information content (AvgIpc) is 2.89. The van der Waals surface area contributed by atoms with Crippen LogP contribution in [0, 0.1) is 11.8 Å². The third-order valence-electron chi connectivity index (χ3n) is 4.48. The second-order valence-corrected chi connectivity index (χ2v) is 5.70. The van der Waals surface area contributed by atoms with E-state index in [-0.39, 0.29) is 24.1 Å². The number of ether oxygens (including phenoxy) is 1. The van der Waals surface area contributed by atoms with Crippen LogP contribution in [0.2, 0.25) is 0 Å². The Labute approximate surface area is 114 Å². The number of benzene rings is 1. The third kappa shape index (κ3) is 2.06. The first-order valence-corrected chi connectivity index (χ1v) is 7.21. The molecule has 1 amide bonds. The number of nitrogens with zero attached hydrogens (tertiary/aromatic N) is 1. The van der Waals surface area contributed by atoms with Crippen molar-refractivity contribution in [3.8, 4) is 0 Å². The number of carbonyl (C=O) groups excluding carboxylic acids is 1. The minimum Gasteiger partial charge on any atom is -0.355 e. The normalized spacial score (nSPS) is 34.4. The quantitative estimate of drug-likeness (QED) is 0.817. The number of carbonyl (C=O) groups is 1. The molecule has 2 aliphatic heterocycles. The van der Waals surface area contributed by atoms with Crippen LogP contribution in [0.3, 0.4) is 0 Å². The van der Waals surface area contributed by atoms with Gasteiger partial charge in [-0.3, -0.25) is 4.79 Å². The van der Waals surface area contributed by atoms with Crippen molar-refractivity contribution in [1.29, 1.82) is 0 Å². The van der Waals surface area contributed by atoms with Crippen molar-refractivity contribution >= 4 is 5.91 Å². The van der Waals surface area contributed by atoms with Crippen molar-refractivity contribution < 1.29 is 9.53 Å². The fourth-order valence-electron chi connectivity index (χ4n) is 3.40. The number of amides is 1. The Kier molecular flexibility index (Phi) is 3.31. The van der Waals surface area contributed by atoms with Crippen LogP contribution in [0.5, 0.6) is 0 Å². The number of piperidine rings is 1. The maximum Gasteiger partial charge on any atom is 0.228 e. The summed E-state index contributed by atoms with van der Waals surface area (Å²) in [5.74, 6) is 0.844. The van der Waals surface area contributed by atoms with E-state index in [0.29, 0.717) is 12.5 Å². The second kappa shape index (κ2) is 4.97. The molecular formula is C16H21NO2. The van der Waals surface area contributed by atoms with E-state index in [0.717, 1.165) is 12.8 Å². The molecule has 2 aliphatic rings. The molecule has 3 rings (SSSR count). The summed E-state index contributed by atoms with van der Waals surface area (Å²) in [6.07, 6.45) is 2.01. The molecule has 0 N–H and O–H groups in total. The molecule has 0 aliphatic carbocycles. The molecule has 19 heavy (non-hydrogen) atoms. The van der Waals surface area contributed by atoms with Gasteiger partial charge < -0.3 is 9.64 Å². The molecule has 3 heteroatoms. The molecule has 0 saturated carbocycles. The van der Waals surface area contributed by atoms with Crippen LogP contribution in [-0.4, -0.2) is 23.6 Å². The number of hydrogen-bond donors (Lipinski definition) is 0. The van der Waals surface area contributed by atoms with Gasteiger partial charge in [-0.05, 0) is 18.4 Å². The van der Waals surface area contributed by atoms with Crippen molar-refractivity contribution in [2.75, 3.05) is 6.61 Å². The van der Waals surface area contributed by atoms with Crippen LogP contribution in [0.25, 0.3) is 0 Å². The Bertz CT molecular complexity index is 459. The molecule has 4 atom stereocenters. The molecule has 0 unspecified atom stereocenters. The maximum absolute atomic E-state index is 12.5. The van der Waals surface area contributed by atoms with E-state index in [4.69, 9.17) is 4.74 Å². The largest absolute Gasteiger partial charge is 0.355 e. The molecule has 1 aromatic rings. The third-order valence-corrected chi connectivity index (χ3v) is 4.48. The van der Waals surface area contributed by atoms with Crippen LogP contribution in [0.4, 0.5) is 0 Å². The Morgan fingerprint density at radius 3 is 2.74 bits per heavy atom. The van der Waals surface area contributed by atoms with Crippen molar-refractivity contribution in [2.45, 2.75) is 39.0 Å². The molecule has 1 aromatic carbocycles. The van der Waals surface area contributed by atoms with Gasteiger partial charge >= 0.3 is 0 Å². The summed E-state index contributed by atoms with van der Waals surface area (Å²) in [6, 6.07) is 10.3. The molecule has 2 heterocycles. The molecule has 0 spiro atoms. The molecule has 2 fully saturated rings. The summed E-state index contributed by atoms with van der Waals surface area (Å²) in [5.41, 5.74) is 1.18. The van der Waals surface area contributed by atoms with E-state index in [1.54, 1.807) is 0 Å². The van der Waals surface area contributed by atoms with E-state index in [9.17, 15) is 4.79 Å². The lowest BCUT2D eigenvalue weighted by Crippen LogP contribution is -2.49. The van der Waals surface area contributed by atoms with Crippen LogP contribution >= 0.6 is 0 Å². The summed E-state index contributed by atoms with van der Waals surface area (Å²) < 4.78 is 5.95. The summed E-state index contributed by atoms with van der Waals surface area (Å²) in [6.45, 7) is 4.86. The fourth-order valence-corrected chi connectivity index (χ4v) is 3.40. The topological polar surface area (TPSA) is 29.5 Å². The van der Waals surface area contributed by atoms with Gasteiger partial charge in [0.15, 0.2) is 0 Å². The zero-order chi connectivity index (χ0) is 13.4. The van der Waals surface area contributed by atoms with E-state index in [2.05, 4.69) is 19.1 Å². The Morgan fingerprint density at radius 1 is 1.32 bits per heavy atom. The van der Waals surface area contributed by atoms with Crippen LogP contribution in [0.1, 0.15) is 38.3 Å². The number of fused-ring (bicyclic) bond motifs is 1. The lowest BCUT2D eigenvalue weighted by molar-refractivity contribution is -0.153. The molecule has 2 saturated heterocycles. The van der Waals surface area contributed by atoms with E-state index < -0.39 is 0 Å². The Balaban J connectivity index is 1.91. The predicted molar refractivity (Wildman–Crippen MR) is 73.3 cm³/mol. The first-order chi connectivity index (χ1) is 9.22. The maximum atomic E-state index is 12.5. The highest BCUT2D eigenvalue weighted by atomic mass is 16.5. The molecule has 102 valence electrons. The number of hydrogen-bond acceptors (Lipinski definition) is 2. The van der Waals surface area contributed by atoms with Gasteiger partial charge in [0.25, 0.3) is 0 Å². The minimum atomic E-state index is -0.0149. The predicted octanol–water partition coefficient (Wildman–Crippen LogP) is 2.98. The Hall–Kier alpha value is -1.35. The molecule has 3 nitrogen and oxygen atoms in total. The first-order valence-electron chi connectivity index (χ1n) is 7.21. The molecule has 0 radical (unpaired) electrons. The van der Waals surface area contributed by atoms with Gasteiger partial charge in [0.2, 0.25) is 5.91 Å². The fraction of sp³-hybridized carbons (Fsp3) is 0.562. The first kappa shape index (κ1) is 12.7. The lowest BCUT2D eigenvalue weighted by Gasteiger charge is -2.40. The number of rotatable bonds is 2. The summed E-state index contributed by atoms with van der Waals surface area (Å²) in [7, 11) is 0. The standard InChI is InChI=1S/C16H21NO2/c1-3-12-9-11(2)15(18)17-14(10-19-16(12)17)13-7-5-4-6-8-13/h4-8,11-12,14,16H,3,9-10H2,1-2H3/t11-,12+,14+,16-/m1/s1.